The number of carbonyl (C=O) groups is 1. The van der Waals surface area contributed by atoms with Crippen molar-refractivity contribution in [2.24, 2.45) is 5.73 Å². The highest BCUT2D eigenvalue weighted by Gasteiger charge is 2.26. The maximum absolute atomic E-state index is 13.9. The van der Waals surface area contributed by atoms with Crippen molar-refractivity contribution in [3.05, 3.63) is 108 Å². The maximum Gasteiger partial charge on any atom is 0.205 e. The number of nitrogens with one attached hydrogen (secondary N) is 1. The number of thiocarbonyl (C=S) groups is 1. The van der Waals surface area contributed by atoms with Gasteiger partial charge in [0, 0.05) is 40.7 Å². The zero-order valence-corrected chi connectivity index (χ0v) is 20.5. The van der Waals surface area contributed by atoms with Crippen LogP contribution in [-0.4, -0.2) is 30.8 Å². The molecule has 1 aromatic heterocycles. The summed E-state index contributed by atoms with van der Waals surface area (Å²) in [5.74, 6) is -0.390. The van der Waals surface area contributed by atoms with Gasteiger partial charge in [-0.2, -0.15) is 0 Å². The van der Waals surface area contributed by atoms with Crippen LogP contribution in [0, 0.1) is 0 Å². The molecule has 4 rings (SSSR count). The monoisotopic (exact) mass is 501 g/mol. The number of carbonyl (C=O) groups excluding carboxylic acids is 1. The van der Waals surface area contributed by atoms with E-state index in [-0.39, 0.29) is 16.4 Å². The van der Waals surface area contributed by atoms with E-state index in [1.54, 1.807) is 24.5 Å². The van der Waals surface area contributed by atoms with Gasteiger partial charge in [0.25, 0.3) is 0 Å². The summed E-state index contributed by atoms with van der Waals surface area (Å²) in [4.78, 5) is 18.2. The van der Waals surface area contributed by atoms with Crippen molar-refractivity contribution < 1.29 is 13.2 Å². The van der Waals surface area contributed by atoms with Crippen molar-refractivity contribution >= 4 is 55.2 Å². The van der Waals surface area contributed by atoms with Crippen LogP contribution in [0.1, 0.15) is 17.2 Å². The van der Waals surface area contributed by atoms with E-state index in [9.17, 15) is 13.2 Å². The van der Waals surface area contributed by atoms with Gasteiger partial charge in [-0.1, -0.05) is 66.8 Å². The first-order chi connectivity index (χ1) is 16.8. The Bertz CT molecular complexity index is 1540. The molecule has 35 heavy (non-hydrogen) atoms. The van der Waals surface area contributed by atoms with Gasteiger partial charge in [0.2, 0.25) is 5.78 Å². The zero-order chi connectivity index (χ0) is 25.0. The second-order valence-electron chi connectivity index (χ2n) is 8.00. The van der Waals surface area contributed by atoms with E-state index in [0.29, 0.717) is 16.8 Å². The van der Waals surface area contributed by atoms with Gasteiger partial charge in [0.05, 0.1) is 10.6 Å². The number of rotatable bonds is 8. The van der Waals surface area contributed by atoms with Gasteiger partial charge in [0.1, 0.15) is 6.04 Å². The number of hydrogen-bond donors (Lipinski definition) is 2. The quantitative estimate of drug-likeness (QED) is 0.266. The van der Waals surface area contributed by atoms with Gasteiger partial charge >= 0.3 is 0 Å². The van der Waals surface area contributed by atoms with Crippen LogP contribution in [0.15, 0.2) is 102 Å². The Morgan fingerprint density at radius 1 is 1.03 bits per heavy atom. The van der Waals surface area contributed by atoms with E-state index in [4.69, 9.17) is 18.0 Å². The number of nitrogens with two attached hydrogens (primary N) is 1. The Morgan fingerprint density at radius 2 is 1.77 bits per heavy atom. The standard InChI is InChI=1S/C27H23N3O3S2/c1-35(32,33)21-11-6-10-20(15-21)30-26(23-12-5-9-19-16-29-14-13-22(19)23)27(31)25(28)24(17-34)18-7-3-2-4-8-18/h2-17,26,30H,28H2,1H3. The van der Waals surface area contributed by atoms with Crippen LogP contribution in [0.3, 0.4) is 0 Å². The minimum absolute atomic E-state index is 0.00836. The predicted molar refractivity (Wildman–Crippen MR) is 144 cm³/mol. The Kier molecular flexibility index (Phi) is 7.04. The molecule has 3 N–H and O–H groups in total. The first kappa shape index (κ1) is 24.3. The minimum atomic E-state index is -3.44. The van der Waals surface area contributed by atoms with Crippen LogP contribution >= 0.6 is 12.2 Å². The molecule has 176 valence electrons. The minimum Gasteiger partial charge on any atom is -0.395 e. The normalized spacial score (nSPS) is 13.1. The van der Waals surface area contributed by atoms with Crippen molar-refractivity contribution in [1.29, 1.82) is 0 Å². The summed E-state index contributed by atoms with van der Waals surface area (Å²) in [5, 5.41) is 6.29. The largest absolute Gasteiger partial charge is 0.395 e. The van der Waals surface area contributed by atoms with E-state index < -0.39 is 15.9 Å². The lowest BCUT2D eigenvalue weighted by Crippen LogP contribution is -2.27. The molecule has 6 nitrogen and oxygen atoms in total. The fourth-order valence-electron chi connectivity index (χ4n) is 3.86. The lowest BCUT2D eigenvalue weighted by molar-refractivity contribution is -0.116. The molecule has 0 radical (unpaired) electrons. The third-order valence-corrected chi connectivity index (χ3v) is 6.97. The van der Waals surface area contributed by atoms with Gasteiger partial charge < -0.3 is 11.1 Å². The molecule has 1 heterocycles. The highest BCUT2D eigenvalue weighted by molar-refractivity contribution is 7.90. The van der Waals surface area contributed by atoms with Gasteiger partial charge in [-0.3, -0.25) is 9.78 Å². The molecular formula is C27H23N3O3S2. The van der Waals surface area contributed by atoms with Crippen molar-refractivity contribution in [3.63, 3.8) is 0 Å². The van der Waals surface area contributed by atoms with Crippen molar-refractivity contribution in [1.82, 2.24) is 4.98 Å². The molecule has 4 aromatic rings. The summed E-state index contributed by atoms with van der Waals surface area (Å²) in [5.41, 5.74) is 8.76. The topological polar surface area (TPSA) is 102 Å². The van der Waals surface area contributed by atoms with Crippen LogP contribution in [0.4, 0.5) is 5.69 Å². The van der Waals surface area contributed by atoms with Crippen LogP contribution in [0.2, 0.25) is 0 Å². The molecule has 1 atom stereocenters. The number of ketones is 1. The third kappa shape index (κ3) is 5.29. The summed E-state index contributed by atoms with van der Waals surface area (Å²) in [6, 6.07) is 22.1. The summed E-state index contributed by atoms with van der Waals surface area (Å²) in [6.07, 6.45) is 4.51. The van der Waals surface area contributed by atoms with E-state index in [0.717, 1.165) is 22.6 Å². The Balaban J connectivity index is 1.87. The summed E-state index contributed by atoms with van der Waals surface area (Å²) >= 11 is 5.21. The highest BCUT2D eigenvalue weighted by Crippen LogP contribution is 2.30. The number of anilines is 1. The average molecular weight is 502 g/mol. The number of hydrogen-bond acceptors (Lipinski definition) is 7. The molecule has 0 fully saturated rings. The number of allylic oxidation sites excluding steroid dienone is 1. The van der Waals surface area contributed by atoms with Crippen molar-refractivity contribution in [2.75, 3.05) is 11.6 Å². The molecule has 0 aliphatic heterocycles. The van der Waals surface area contributed by atoms with Crippen molar-refractivity contribution in [3.8, 4) is 0 Å². The van der Waals surface area contributed by atoms with Crippen LogP contribution in [0.25, 0.3) is 16.3 Å². The fraction of sp³-hybridized carbons (Fsp3) is 0.0741. The molecule has 0 aliphatic carbocycles. The molecule has 3 aromatic carbocycles. The Hall–Kier alpha value is -3.88. The number of nitrogens with zero attached hydrogens (tertiary/aromatic N) is 1. The van der Waals surface area contributed by atoms with Gasteiger partial charge in [-0.15, -0.1) is 0 Å². The maximum atomic E-state index is 13.9. The van der Waals surface area contributed by atoms with Crippen LogP contribution in [-0.2, 0) is 14.6 Å². The van der Waals surface area contributed by atoms with Gasteiger partial charge in [-0.05, 0) is 40.8 Å². The SMILES string of the molecule is CS(=O)(=O)c1cccc(NC(C(=O)C(N)=C(C=S)c2ccccc2)c2cccc3cnccc23)c1. The average Bonchev–Trinajstić information content (AvgIpc) is 2.87. The highest BCUT2D eigenvalue weighted by atomic mass is 32.2. The van der Waals surface area contributed by atoms with Crippen LogP contribution < -0.4 is 11.1 Å². The summed E-state index contributed by atoms with van der Waals surface area (Å²) in [6.45, 7) is 0. The van der Waals surface area contributed by atoms with Crippen LogP contribution in [0.5, 0.6) is 0 Å². The van der Waals surface area contributed by atoms with Gasteiger partial charge in [-0.25, -0.2) is 8.42 Å². The first-order valence-electron chi connectivity index (χ1n) is 10.7. The van der Waals surface area contributed by atoms with E-state index in [2.05, 4.69) is 10.3 Å². The third-order valence-electron chi connectivity index (χ3n) is 5.62. The second kappa shape index (κ2) is 10.2. The molecule has 0 amide bonds. The zero-order valence-electron chi connectivity index (χ0n) is 18.9. The number of Topliss-reactive ketones (excluding diaryl/α,β-unsaturated/α-hetero) is 1. The van der Waals surface area contributed by atoms with E-state index in [1.807, 2.05) is 54.6 Å². The smallest absolute Gasteiger partial charge is 0.205 e. The lowest BCUT2D eigenvalue weighted by Gasteiger charge is -2.22. The van der Waals surface area contributed by atoms with E-state index in [1.165, 1.54) is 17.5 Å². The Morgan fingerprint density at radius 3 is 2.49 bits per heavy atom. The van der Waals surface area contributed by atoms with E-state index >= 15 is 0 Å². The molecule has 0 bridgehead atoms. The number of fused-ring (bicyclic) bond motifs is 1. The number of benzene rings is 3. The molecule has 0 saturated heterocycles. The first-order valence-corrected chi connectivity index (χ1v) is 13.1. The predicted octanol–water partition coefficient (Wildman–Crippen LogP) is 4.73. The number of aromatic nitrogens is 1. The lowest BCUT2D eigenvalue weighted by atomic mass is 9.93. The second-order valence-corrected chi connectivity index (χ2v) is 10.2. The number of pyridine rings is 1. The molecule has 0 aliphatic rings. The van der Waals surface area contributed by atoms with Crippen molar-refractivity contribution in [2.45, 2.75) is 10.9 Å². The summed E-state index contributed by atoms with van der Waals surface area (Å²) in [7, 11) is -3.44. The molecule has 0 saturated carbocycles. The molecular weight excluding hydrogens is 478 g/mol. The molecule has 0 spiro atoms. The summed E-state index contributed by atoms with van der Waals surface area (Å²) < 4.78 is 24.2. The number of sulfone groups is 1. The molecule has 1 unspecified atom stereocenters. The Labute approximate surface area is 209 Å². The molecule has 8 heteroatoms. The fourth-order valence-corrected chi connectivity index (χ4v) is 4.79. The van der Waals surface area contributed by atoms with Gasteiger partial charge in [0.15, 0.2) is 9.84 Å².